The Labute approximate surface area is 151 Å². The summed E-state index contributed by atoms with van der Waals surface area (Å²) in [6.45, 7) is 3.74. The summed E-state index contributed by atoms with van der Waals surface area (Å²) in [6.07, 6.45) is 3.74. The number of carboxylic acid groups (broad SMARTS) is 1. The lowest BCUT2D eigenvalue weighted by Gasteiger charge is -2.36. The molecule has 0 unspecified atom stereocenters. The van der Waals surface area contributed by atoms with Gasteiger partial charge in [-0.3, -0.25) is 14.6 Å². The molecule has 0 radical (unpaired) electrons. The molecule has 0 amide bonds. The van der Waals surface area contributed by atoms with E-state index in [-0.39, 0.29) is 0 Å². The number of aromatic nitrogens is 2. The molecule has 1 fully saturated rings. The summed E-state index contributed by atoms with van der Waals surface area (Å²) in [5.41, 5.74) is 0.724. The fourth-order valence-electron chi connectivity index (χ4n) is 3.52. The lowest BCUT2D eigenvalue weighted by atomic mass is 10.1. The standard InChI is InChI=1S/C19H22N4O3/c1-21-7-6-20-17(21)13-22-8-10-23(11-9-22)18(19(24)25)16-12-14-4-2-3-5-15(14)26-16/h2-7,12,18H,8-11,13H2,1H3,(H,24,25)/t18-/m0/s1. The zero-order valence-corrected chi connectivity index (χ0v) is 14.7. The second kappa shape index (κ2) is 6.93. The van der Waals surface area contributed by atoms with Crippen LogP contribution in [-0.4, -0.2) is 56.6 Å². The zero-order valence-electron chi connectivity index (χ0n) is 14.7. The highest BCUT2D eigenvalue weighted by Gasteiger charge is 2.33. The number of furan rings is 1. The summed E-state index contributed by atoms with van der Waals surface area (Å²) in [6, 6.07) is 8.70. The molecule has 7 nitrogen and oxygen atoms in total. The molecular formula is C19H22N4O3. The summed E-state index contributed by atoms with van der Waals surface area (Å²) in [5.74, 6) is 0.642. The maximum Gasteiger partial charge on any atom is 0.328 e. The Morgan fingerprint density at radius 1 is 1.27 bits per heavy atom. The molecule has 0 bridgehead atoms. The van der Waals surface area contributed by atoms with Crippen LogP contribution in [0.2, 0.25) is 0 Å². The van der Waals surface area contributed by atoms with Crippen LogP contribution in [0.5, 0.6) is 0 Å². The number of aryl methyl sites for hydroxylation is 1. The van der Waals surface area contributed by atoms with Gasteiger partial charge in [0.2, 0.25) is 0 Å². The first kappa shape index (κ1) is 16.8. The highest BCUT2D eigenvalue weighted by Crippen LogP contribution is 2.28. The molecule has 0 aliphatic carbocycles. The van der Waals surface area contributed by atoms with Gasteiger partial charge in [0.1, 0.15) is 17.2 Å². The van der Waals surface area contributed by atoms with Crippen LogP contribution >= 0.6 is 0 Å². The first-order chi connectivity index (χ1) is 12.6. The Balaban J connectivity index is 1.47. The number of para-hydroxylation sites is 1. The number of rotatable bonds is 5. The van der Waals surface area contributed by atoms with Gasteiger partial charge in [0.05, 0.1) is 6.54 Å². The van der Waals surface area contributed by atoms with Crippen molar-refractivity contribution in [3.05, 3.63) is 54.3 Å². The van der Waals surface area contributed by atoms with Gasteiger partial charge in [-0.25, -0.2) is 4.98 Å². The first-order valence-corrected chi connectivity index (χ1v) is 8.76. The zero-order chi connectivity index (χ0) is 18.1. The third-order valence-corrected chi connectivity index (χ3v) is 5.01. The number of hydrogen-bond donors (Lipinski definition) is 1. The molecule has 2 aromatic heterocycles. The maximum atomic E-state index is 11.9. The number of fused-ring (bicyclic) bond motifs is 1. The monoisotopic (exact) mass is 354 g/mol. The van der Waals surface area contributed by atoms with Gasteiger partial charge in [0, 0.05) is 51.0 Å². The van der Waals surface area contributed by atoms with Crippen LogP contribution in [0.15, 0.2) is 47.1 Å². The Morgan fingerprint density at radius 3 is 2.69 bits per heavy atom. The molecule has 1 saturated heterocycles. The van der Waals surface area contributed by atoms with E-state index in [9.17, 15) is 9.90 Å². The quantitative estimate of drug-likeness (QED) is 0.756. The van der Waals surface area contributed by atoms with Crippen LogP contribution in [-0.2, 0) is 18.4 Å². The largest absolute Gasteiger partial charge is 0.480 e. The van der Waals surface area contributed by atoms with Crippen LogP contribution in [0.3, 0.4) is 0 Å². The predicted molar refractivity (Wildman–Crippen MR) is 96.6 cm³/mol. The Hall–Kier alpha value is -2.64. The van der Waals surface area contributed by atoms with Crippen molar-refractivity contribution in [2.75, 3.05) is 26.2 Å². The van der Waals surface area contributed by atoms with Crippen molar-refractivity contribution in [1.82, 2.24) is 19.4 Å². The molecule has 0 saturated carbocycles. The van der Waals surface area contributed by atoms with E-state index in [0.29, 0.717) is 18.8 Å². The summed E-state index contributed by atoms with van der Waals surface area (Å²) in [7, 11) is 1.99. The summed E-state index contributed by atoms with van der Waals surface area (Å²) < 4.78 is 7.84. The van der Waals surface area contributed by atoms with Gasteiger partial charge in [-0.05, 0) is 12.1 Å². The van der Waals surface area contributed by atoms with Crippen LogP contribution in [0.25, 0.3) is 11.0 Å². The van der Waals surface area contributed by atoms with E-state index in [1.54, 1.807) is 6.20 Å². The van der Waals surface area contributed by atoms with Gasteiger partial charge < -0.3 is 14.1 Å². The molecule has 3 aromatic rings. The Kier molecular flexibility index (Phi) is 4.48. The van der Waals surface area contributed by atoms with E-state index in [4.69, 9.17) is 4.42 Å². The number of hydrogen-bond acceptors (Lipinski definition) is 5. The molecule has 26 heavy (non-hydrogen) atoms. The molecule has 3 heterocycles. The minimum Gasteiger partial charge on any atom is -0.480 e. The second-order valence-corrected chi connectivity index (χ2v) is 6.69. The van der Waals surface area contributed by atoms with Gasteiger partial charge in [-0.2, -0.15) is 0 Å². The van der Waals surface area contributed by atoms with E-state index in [1.807, 2.05) is 53.0 Å². The van der Waals surface area contributed by atoms with E-state index in [0.717, 1.165) is 36.4 Å². The van der Waals surface area contributed by atoms with Gasteiger partial charge in [-0.1, -0.05) is 18.2 Å². The van der Waals surface area contributed by atoms with E-state index < -0.39 is 12.0 Å². The normalized spacial score (nSPS) is 17.6. The second-order valence-electron chi connectivity index (χ2n) is 6.69. The Bertz CT molecular complexity index is 875. The molecule has 1 aliphatic heterocycles. The lowest BCUT2D eigenvalue weighted by molar-refractivity contribution is -0.145. The summed E-state index contributed by atoms with van der Waals surface area (Å²) in [4.78, 5) is 20.6. The van der Waals surface area contributed by atoms with Gasteiger partial charge in [0.15, 0.2) is 6.04 Å². The number of carbonyl (C=O) groups is 1. The van der Waals surface area contributed by atoms with E-state index >= 15 is 0 Å². The first-order valence-electron chi connectivity index (χ1n) is 8.76. The Morgan fingerprint density at radius 2 is 2.04 bits per heavy atom. The smallest absolute Gasteiger partial charge is 0.328 e. The maximum absolute atomic E-state index is 11.9. The average Bonchev–Trinajstić information content (AvgIpc) is 3.22. The topological polar surface area (TPSA) is 74.7 Å². The highest BCUT2D eigenvalue weighted by atomic mass is 16.4. The summed E-state index contributed by atoms with van der Waals surface area (Å²) >= 11 is 0. The van der Waals surface area contributed by atoms with Crippen LogP contribution < -0.4 is 0 Å². The molecule has 1 N–H and O–H groups in total. The van der Waals surface area contributed by atoms with Crippen LogP contribution in [0, 0.1) is 0 Å². The van der Waals surface area contributed by atoms with Crippen molar-refractivity contribution < 1.29 is 14.3 Å². The van der Waals surface area contributed by atoms with Crippen molar-refractivity contribution >= 4 is 16.9 Å². The van der Waals surface area contributed by atoms with E-state index in [1.165, 1.54) is 0 Å². The van der Waals surface area contributed by atoms with Crippen molar-refractivity contribution in [1.29, 1.82) is 0 Å². The SMILES string of the molecule is Cn1ccnc1CN1CCN([C@H](C(=O)O)c2cc3ccccc3o2)CC1. The molecule has 1 atom stereocenters. The van der Waals surface area contributed by atoms with Crippen LogP contribution in [0.1, 0.15) is 17.6 Å². The number of piperazine rings is 1. The number of carboxylic acids is 1. The highest BCUT2D eigenvalue weighted by molar-refractivity contribution is 5.81. The van der Waals surface area contributed by atoms with E-state index in [2.05, 4.69) is 9.88 Å². The average molecular weight is 354 g/mol. The van der Waals surface area contributed by atoms with Crippen molar-refractivity contribution in [3.63, 3.8) is 0 Å². The fourth-order valence-corrected chi connectivity index (χ4v) is 3.52. The molecule has 1 aliphatic rings. The van der Waals surface area contributed by atoms with Gasteiger partial charge in [0.25, 0.3) is 0 Å². The molecule has 136 valence electrons. The molecule has 4 rings (SSSR count). The fraction of sp³-hybridized carbons (Fsp3) is 0.368. The molecule has 7 heteroatoms. The van der Waals surface area contributed by atoms with Crippen molar-refractivity contribution in [2.24, 2.45) is 7.05 Å². The summed E-state index contributed by atoms with van der Waals surface area (Å²) in [5, 5.41) is 10.7. The number of aliphatic carboxylic acids is 1. The number of nitrogens with zero attached hydrogens (tertiary/aromatic N) is 4. The minimum atomic E-state index is -0.874. The minimum absolute atomic E-state index is 0.497. The van der Waals surface area contributed by atoms with Gasteiger partial charge in [-0.15, -0.1) is 0 Å². The predicted octanol–water partition coefficient (Wildman–Crippen LogP) is 2.11. The lowest BCUT2D eigenvalue weighted by Crippen LogP contribution is -2.49. The van der Waals surface area contributed by atoms with Crippen LogP contribution in [0.4, 0.5) is 0 Å². The molecule has 0 spiro atoms. The van der Waals surface area contributed by atoms with Gasteiger partial charge >= 0.3 is 5.97 Å². The van der Waals surface area contributed by atoms with Crippen molar-refractivity contribution in [3.8, 4) is 0 Å². The molecule has 1 aromatic carbocycles. The third-order valence-electron chi connectivity index (χ3n) is 5.01. The third kappa shape index (κ3) is 3.23. The number of benzene rings is 1. The van der Waals surface area contributed by atoms with Crippen molar-refractivity contribution in [2.45, 2.75) is 12.6 Å². The number of imidazole rings is 1. The molecular weight excluding hydrogens is 332 g/mol.